The summed E-state index contributed by atoms with van der Waals surface area (Å²) in [5, 5.41) is 5.16. The van der Waals surface area contributed by atoms with Gasteiger partial charge in [-0.15, -0.1) is 0 Å². The molecular weight excluding hydrogens is 384 g/mol. The smallest absolute Gasteiger partial charge is 0.253 e. The first-order valence-electron chi connectivity index (χ1n) is 10.6. The average molecular weight is 418 g/mol. The molecule has 2 aromatic rings. The van der Waals surface area contributed by atoms with E-state index in [1.54, 1.807) is 0 Å². The third-order valence-corrected chi connectivity index (χ3v) is 5.87. The number of rotatable bonds is 8. The fourth-order valence-electron chi connectivity index (χ4n) is 3.63. The summed E-state index contributed by atoms with van der Waals surface area (Å²) in [7, 11) is 0. The van der Waals surface area contributed by atoms with Crippen molar-refractivity contribution in [3.63, 3.8) is 0 Å². The first-order valence-corrected chi connectivity index (χ1v) is 11.0. The summed E-state index contributed by atoms with van der Waals surface area (Å²) in [5.74, 6) is 0. The summed E-state index contributed by atoms with van der Waals surface area (Å²) in [6, 6.07) is 8.09. The Bertz CT molecular complexity index is 877. The number of aromatic nitrogens is 1. The molecule has 0 aliphatic carbocycles. The van der Waals surface area contributed by atoms with Crippen molar-refractivity contribution in [2.45, 2.75) is 33.2 Å². The van der Waals surface area contributed by atoms with Gasteiger partial charge in [-0.2, -0.15) is 0 Å². The van der Waals surface area contributed by atoms with Crippen LogP contribution in [0, 0.1) is 6.92 Å². The molecule has 0 amide bonds. The number of nitrogens with one attached hydrogen (secondary N) is 3. The van der Waals surface area contributed by atoms with E-state index in [0.29, 0.717) is 6.54 Å². The summed E-state index contributed by atoms with van der Waals surface area (Å²) in [6.07, 6.45) is 2.20. The van der Waals surface area contributed by atoms with Gasteiger partial charge >= 0.3 is 0 Å². The van der Waals surface area contributed by atoms with E-state index in [1.165, 1.54) is 10.5 Å². The fourth-order valence-corrected chi connectivity index (χ4v) is 3.89. The summed E-state index contributed by atoms with van der Waals surface area (Å²) < 4.78 is 5.46. The summed E-state index contributed by atoms with van der Waals surface area (Å²) in [5.41, 5.74) is 2.76. The number of morpholine rings is 1. The maximum atomic E-state index is 12.7. The normalized spacial score (nSPS) is 14.8. The number of hydrogen-bond donors (Lipinski definition) is 3. The van der Waals surface area contributed by atoms with Gasteiger partial charge in [0.15, 0.2) is 5.11 Å². The molecule has 2 heterocycles. The lowest BCUT2D eigenvalue weighted by Crippen LogP contribution is -3.14. The van der Waals surface area contributed by atoms with Crippen LogP contribution in [-0.2, 0) is 11.3 Å². The maximum absolute atomic E-state index is 12.7. The van der Waals surface area contributed by atoms with Crippen molar-refractivity contribution in [3.8, 4) is 0 Å². The lowest BCUT2D eigenvalue weighted by Gasteiger charge is -2.29. The highest BCUT2D eigenvalue weighted by Gasteiger charge is 2.18. The molecule has 0 bridgehead atoms. The average Bonchev–Trinajstić information content (AvgIpc) is 2.72. The molecule has 7 heteroatoms. The zero-order chi connectivity index (χ0) is 20.6. The molecule has 1 fully saturated rings. The maximum Gasteiger partial charge on any atom is 0.253 e. The molecule has 0 radical (unpaired) electrons. The Balaban J connectivity index is 1.75. The zero-order valence-corrected chi connectivity index (χ0v) is 18.4. The van der Waals surface area contributed by atoms with Gasteiger partial charge < -0.3 is 24.8 Å². The standard InChI is InChI=1S/C22H32N4O2S/c1-3-4-7-23-22(29)26(9-8-25-10-12-28-13-11-25)16-19-15-18-14-17(2)5-6-20(18)24-21(19)27/h5-6,14-15H,3-4,7-13,16H2,1-2H3,(H,23,29)(H,24,27)/p+1. The number of unbranched alkanes of at least 4 members (excludes halogenated alkanes) is 1. The Kier molecular flexibility index (Phi) is 8.03. The molecule has 3 rings (SSSR count). The Morgan fingerprint density at radius 3 is 2.86 bits per heavy atom. The van der Waals surface area contributed by atoms with E-state index in [9.17, 15) is 4.79 Å². The quantitative estimate of drug-likeness (QED) is 0.446. The highest BCUT2D eigenvalue weighted by Crippen LogP contribution is 2.14. The van der Waals surface area contributed by atoms with Gasteiger partial charge in [-0.25, -0.2) is 0 Å². The van der Waals surface area contributed by atoms with Crippen LogP contribution in [0.15, 0.2) is 29.1 Å². The number of aryl methyl sites for hydroxylation is 1. The fraction of sp³-hybridized carbons (Fsp3) is 0.545. The van der Waals surface area contributed by atoms with E-state index in [0.717, 1.165) is 80.4 Å². The number of hydrogen-bond acceptors (Lipinski definition) is 3. The molecular formula is C22H33N4O2S+. The third kappa shape index (κ3) is 6.26. The molecule has 1 aliphatic heterocycles. The molecule has 158 valence electrons. The number of fused-ring (bicyclic) bond motifs is 1. The van der Waals surface area contributed by atoms with E-state index >= 15 is 0 Å². The minimum absolute atomic E-state index is 0.0403. The number of H-pyrrole nitrogens is 1. The van der Waals surface area contributed by atoms with Crippen molar-refractivity contribution in [2.75, 3.05) is 45.9 Å². The van der Waals surface area contributed by atoms with Crippen LogP contribution in [0.1, 0.15) is 30.9 Å². The van der Waals surface area contributed by atoms with Gasteiger partial charge in [-0.1, -0.05) is 25.0 Å². The van der Waals surface area contributed by atoms with Gasteiger partial charge in [0.2, 0.25) is 0 Å². The summed E-state index contributed by atoms with van der Waals surface area (Å²) in [6.45, 7) is 11.1. The number of nitrogens with zero attached hydrogens (tertiary/aromatic N) is 1. The third-order valence-electron chi connectivity index (χ3n) is 5.47. The second kappa shape index (κ2) is 10.7. The molecule has 0 unspecified atom stereocenters. The monoisotopic (exact) mass is 417 g/mol. The van der Waals surface area contributed by atoms with Crippen LogP contribution in [0.25, 0.3) is 10.9 Å². The van der Waals surface area contributed by atoms with Gasteiger partial charge in [-0.05, 0) is 49.1 Å². The minimum atomic E-state index is -0.0403. The topological polar surface area (TPSA) is 61.8 Å². The summed E-state index contributed by atoms with van der Waals surface area (Å²) >= 11 is 5.68. The van der Waals surface area contributed by atoms with Gasteiger partial charge in [0, 0.05) is 17.6 Å². The first-order chi connectivity index (χ1) is 14.1. The molecule has 1 aliphatic rings. The molecule has 1 aromatic carbocycles. The van der Waals surface area contributed by atoms with Crippen LogP contribution >= 0.6 is 12.2 Å². The van der Waals surface area contributed by atoms with Gasteiger partial charge in [0.25, 0.3) is 5.56 Å². The molecule has 6 nitrogen and oxygen atoms in total. The van der Waals surface area contributed by atoms with Crippen LogP contribution in [0.5, 0.6) is 0 Å². The molecule has 0 atom stereocenters. The van der Waals surface area contributed by atoms with Crippen LogP contribution in [0.3, 0.4) is 0 Å². The number of quaternary nitrogens is 1. The zero-order valence-electron chi connectivity index (χ0n) is 17.6. The highest BCUT2D eigenvalue weighted by molar-refractivity contribution is 7.80. The number of thiocarbonyl (C=S) groups is 1. The van der Waals surface area contributed by atoms with E-state index in [1.807, 2.05) is 18.2 Å². The Hall–Kier alpha value is -1.96. The Morgan fingerprint density at radius 1 is 1.31 bits per heavy atom. The lowest BCUT2D eigenvalue weighted by molar-refractivity contribution is -0.907. The van der Waals surface area contributed by atoms with Gasteiger partial charge in [0.05, 0.1) is 32.8 Å². The number of pyridine rings is 1. The predicted molar refractivity (Wildman–Crippen MR) is 122 cm³/mol. The van der Waals surface area contributed by atoms with Crippen molar-refractivity contribution in [1.82, 2.24) is 15.2 Å². The van der Waals surface area contributed by atoms with Crippen LogP contribution in [0.2, 0.25) is 0 Å². The first kappa shape index (κ1) is 21.7. The van der Waals surface area contributed by atoms with E-state index in [4.69, 9.17) is 17.0 Å². The van der Waals surface area contributed by atoms with Crippen LogP contribution in [-0.4, -0.2) is 60.9 Å². The number of aromatic amines is 1. The molecule has 0 saturated carbocycles. The molecule has 3 N–H and O–H groups in total. The predicted octanol–water partition coefficient (Wildman–Crippen LogP) is 1.23. The largest absolute Gasteiger partial charge is 0.370 e. The highest BCUT2D eigenvalue weighted by atomic mass is 32.1. The van der Waals surface area contributed by atoms with Crippen LogP contribution < -0.4 is 15.8 Å². The SMILES string of the molecule is CCCCNC(=S)N(CC[NH+]1CCOCC1)Cc1cc2cc(C)ccc2[nH]c1=O. The molecule has 0 spiro atoms. The second-order valence-electron chi connectivity index (χ2n) is 7.83. The van der Waals surface area contributed by atoms with Gasteiger partial charge in [-0.3, -0.25) is 4.79 Å². The van der Waals surface area contributed by atoms with Crippen molar-refractivity contribution in [3.05, 3.63) is 45.7 Å². The molecule has 1 aromatic heterocycles. The van der Waals surface area contributed by atoms with Gasteiger partial charge in [0.1, 0.15) is 13.1 Å². The molecule has 1 saturated heterocycles. The van der Waals surface area contributed by atoms with Crippen molar-refractivity contribution in [1.29, 1.82) is 0 Å². The lowest BCUT2D eigenvalue weighted by atomic mass is 10.1. The van der Waals surface area contributed by atoms with E-state index in [2.05, 4.69) is 35.1 Å². The van der Waals surface area contributed by atoms with Crippen LogP contribution in [0.4, 0.5) is 0 Å². The minimum Gasteiger partial charge on any atom is -0.370 e. The summed E-state index contributed by atoms with van der Waals surface area (Å²) in [4.78, 5) is 19.4. The number of benzene rings is 1. The van der Waals surface area contributed by atoms with E-state index in [-0.39, 0.29) is 5.56 Å². The number of ether oxygens (including phenoxy) is 1. The molecule has 29 heavy (non-hydrogen) atoms. The Labute approximate surface area is 178 Å². The van der Waals surface area contributed by atoms with E-state index < -0.39 is 0 Å². The van der Waals surface area contributed by atoms with Crippen molar-refractivity contribution in [2.24, 2.45) is 0 Å². The Morgan fingerprint density at radius 2 is 2.10 bits per heavy atom. The van der Waals surface area contributed by atoms with Crippen molar-refractivity contribution >= 4 is 28.2 Å². The second-order valence-corrected chi connectivity index (χ2v) is 8.22. The van der Waals surface area contributed by atoms with Crippen molar-refractivity contribution < 1.29 is 9.64 Å².